The van der Waals surface area contributed by atoms with Gasteiger partial charge < -0.3 is 5.32 Å². The van der Waals surface area contributed by atoms with Gasteiger partial charge in [-0.15, -0.1) is 0 Å². The first-order chi connectivity index (χ1) is 7.67. The van der Waals surface area contributed by atoms with Gasteiger partial charge in [0.1, 0.15) is 5.78 Å². The van der Waals surface area contributed by atoms with Crippen molar-refractivity contribution in [3.05, 3.63) is 34.9 Å². The van der Waals surface area contributed by atoms with Crippen LogP contribution in [-0.4, -0.2) is 18.4 Å². The molecule has 1 atom stereocenters. The van der Waals surface area contributed by atoms with E-state index in [-0.39, 0.29) is 11.8 Å². The van der Waals surface area contributed by atoms with Crippen LogP contribution in [-0.2, 0) is 11.2 Å². The lowest BCUT2D eigenvalue weighted by atomic mass is 10.0. The molecule has 0 heterocycles. The highest BCUT2D eigenvalue weighted by molar-refractivity contribution is 6.30. The van der Waals surface area contributed by atoms with Gasteiger partial charge >= 0.3 is 0 Å². The summed E-state index contributed by atoms with van der Waals surface area (Å²) in [5.41, 5.74) is 1.10. The summed E-state index contributed by atoms with van der Waals surface area (Å²) >= 11 is 5.91. The van der Waals surface area contributed by atoms with Gasteiger partial charge in [-0.1, -0.05) is 37.6 Å². The molecule has 2 nitrogen and oxygen atoms in total. The minimum atomic E-state index is -0.0894. The van der Waals surface area contributed by atoms with Crippen molar-refractivity contribution < 1.29 is 4.79 Å². The number of hydrogen-bond acceptors (Lipinski definition) is 2. The van der Waals surface area contributed by atoms with Gasteiger partial charge in [0.2, 0.25) is 0 Å². The molecule has 0 aliphatic rings. The third-order valence-electron chi connectivity index (χ3n) is 2.52. The maximum absolute atomic E-state index is 11.7. The number of benzene rings is 1. The van der Waals surface area contributed by atoms with Gasteiger partial charge in [0.15, 0.2) is 0 Å². The Bertz CT molecular complexity index is 352. The van der Waals surface area contributed by atoms with E-state index in [1.165, 1.54) is 0 Å². The highest BCUT2D eigenvalue weighted by atomic mass is 35.5. The van der Waals surface area contributed by atoms with Gasteiger partial charge in [0, 0.05) is 11.4 Å². The molecule has 1 unspecified atom stereocenters. The molecule has 1 aromatic rings. The molecule has 0 amide bonds. The molecule has 0 spiro atoms. The van der Waals surface area contributed by atoms with E-state index in [9.17, 15) is 4.79 Å². The Kier molecular flexibility index (Phi) is 5.50. The molecular weight excluding hydrogens is 222 g/mol. The number of carbonyl (C=O) groups is 1. The molecule has 0 bridgehead atoms. The fourth-order valence-corrected chi connectivity index (χ4v) is 1.91. The fourth-order valence-electron chi connectivity index (χ4n) is 1.69. The maximum atomic E-state index is 11.7. The first-order valence-electron chi connectivity index (χ1n) is 5.67. The van der Waals surface area contributed by atoms with Gasteiger partial charge in [-0.05, 0) is 30.7 Å². The standard InChI is InChI=1S/C13H18ClNO/c1-3-13(16)12(15-4-2)9-10-6-5-7-11(14)8-10/h5-8,12,15H,3-4,9H2,1-2H3. The monoisotopic (exact) mass is 239 g/mol. The molecule has 0 aromatic heterocycles. The van der Waals surface area contributed by atoms with Crippen LogP contribution in [0.25, 0.3) is 0 Å². The van der Waals surface area contributed by atoms with Crippen molar-refractivity contribution in [2.75, 3.05) is 6.54 Å². The third kappa shape index (κ3) is 3.95. The Morgan fingerprint density at radius 3 is 2.75 bits per heavy atom. The number of carbonyl (C=O) groups excluding carboxylic acids is 1. The predicted molar refractivity (Wildman–Crippen MR) is 67.9 cm³/mol. The Hall–Kier alpha value is -0.860. The van der Waals surface area contributed by atoms with Crippen LogP contribution in [0.1, 0.15) is 25.8 Å². The van der Waals surface area contributed by atoms with Gasteiger partial charge in [-0.25, -0.2) is 0 Å². The smallest absolute Gasteiger partial charge is 0.149 e. The second kappa shape index (κ2) is 6.66. The van der Waals surface area contributed by atoms with E-state index in [2.05, 4.69) is 5.32 Å². The van der Waals surface area contributed by atoms with E-state index in [1.54, 1.807) is 0 Å². The molecule has 3 heteroatoms. The summed E-state index contributed by atoms with van der Waals surface area (Å²) in [6.07, 6.45) is 1.28. The average Bonchev–Trinajstić information content (AvgIpc) is 2.27. The van der Waals surface area contributed by atoms with E-state index in [0.29, 0.717) is 12.8 Å². The molecule has 16 heavy (non-hydrogen) atoms. The molecule has 0 aliphatic carbocycles. The third-order valence-corrected chi connectivity index (χ3v) is 2.75. The largest absolute Gasteiger partial charge is 0.307 e. The van der Waals surface area contributed by atoms with Crippen LogP contribution in [0.3, 0.4) is 0 Å². The zero-order chi connectivity index (χ0) is 12.0. The van der Waals surface area contributed by atoms with Gasteiger partial charge in [0.25, 0.3) is 0 Å². The molecule has 0 fully saturated rings. The van der Waals surface area contributed by atoms with Crippen molar-refractivity contribution in [3.63, 3.8) is 0 Å². The molecule has 0 radical (unpaired) electrons. The van der Waals surface area contributed by atoms with Gasteiger partial charge in [-0.3, -0.25) is 4.79 Å². The van der Waals surface area contributed by atoms with Crippen LogP contribution in [0.2, 0.25) is 5.02 Å². The van der Waals surface area contributed by atoms with Crippen molar-refractivity contribution in [1.29, 1.82) is 0 Å². The molecular formula is C13H18ClNO. The summed E-state index contributed by atoms with van der Waals surface area (Å²) in [4.78, 5) is 11.7. The Morgan fingerprint density at radius 2 is 2.19 bits per heavy atom. The number of nitrogens with one attached hydrogen (secondary N) is 1. The predicted octanol–water partition coefficient (Wildman–Crippen LogP) is 2.84. The quantitative estimate of drug-likeness (QED) is 0.827. The number of hydrogen-bond donors (Lipinski definition) is 1. The second-order valence-corrected chi connectivity index (χ2v) is 4.20. The van der Waals surface area contributed by atoms with Gasteiger partial charge in [0.05, 0.1) is 6.04 Å². The first-order valence-corrected chi connectivity index (χ1v) is 6.05. The highest BCUT2D eigenvalue weighted by Gasteiger charge is 2.15. The van der Waals surface area contributed by atoms with E-state index in [4.69, 9.17) is 11.6 Å². The SMILES string of the molecule is CCNC(Cc1cccc(Cl)c1)C(=O)CC. The van der Waals surface area contributed by atoms with Crippen LogP contribution in [0.15, 0.2) is 24.3 Å². The molecule has 1 aromatic carbocycles. The van der Waals surface area contributed by atoms with Crippen molar-refractivity contribution >= 4 is 17.4 Å². The Morgan fingerprint density at radius 1 is 1.44 bits per heavy atom. The number of ketones is 1. The zero-order valence-corrected chi connectivity index (χ0v) is 10.6. The number of rotatable bonds is 6. The van der Waals surface area contributed by atoms with Crippen molar-refractivity contribution in [2.24, 2.45) is 0 Å². The highest BCUT2D eigenvalue weighted by Crippen LogP contribution is 2.13. The summed E-state index contributed by atoms with van der Waals surface area (Å²) in [6, 6.07) is 7.58. The average molecular weight is 240 g/mol. The minimum absolute atomic E-state index is 0.0894. The van der Waals surface area contributed by atoms with E-state index in [1.807, 2.05) is 38.1 Å². The number of Topliss-reactive ketones (excluding diaryl/α,β-unsaturated/α-hetero) is 1. The Labute approximate surface area is 102 Å². The molecule has 0 saturated heterocycles. The van der Waals surface area contributed by atoms with Crippen molar-refractivity contribution in [2.45, 2.75) is 32.7 Å². The molecule has 1 rings (SSSR count). The fraction of sp³-hybridized carbons (Fsp3) is 0.462. The summed E-state index contributed by atoms with van der Waals surface area (Å²) in [6.45, 7) is 4.70. The van der Waals surface area contributed by atoms with Crippen LogP contribution in [0.5, 0.6) is 0 Å². The molecule has 0 aliphatic heterocycles. The molecule has 88 valence electrons. The summed E-state index contributed by atoms with van der Waals surface area (Å²) in [5, 5.41) is 3.93. The molecule has 0 saturated carbocycles. The topological polar surface area (TPSA) is 29.1 Å². The lowest BCUT2D eigenvalue weighted by molar-refractivity contribution is -0.120. The summed E-state index contributed by atoms with van der Waals surface area (Å²) in [5.74, 6) is 0.252. The second-order valence-electron chi connectivity index (χ2n) is 3.76. The summed E-state index contributed by atoms with van der Waals surface area (Å²) < 4.78 is 0. The van der Waals surface area contributed by atoms with Crippen molar-refractivity contribution in [1.82, 2.24) is 5.32 Å². The van der Waals surface area contributed by atoms with Crippen LogP contribution >= 0.6 is 11.6 Å². The van der Waals surface area contributed by atoms with E-state index in [0.717, 1.165) is 17.1 Å². The number of halogens is 1. The summed E-state index contributed by atoms with van der Waals surface area (Å²) in [7, 11) is 0. The lowest BCUT2D eigenvalue weighted by Gasteiger charge is -2.16. The maximum Gasteiger partial charge on any atom is 0.149 e. The van der Waals surface area contributed by atoms with Crippen molar-refractivity contribution in [3.8, 4) is 0 Å². The zero-order valence-electron chi connectivity index (χ0n) is 9.79. The normalized spacial score (nSPS) is 12.4. The Balaban J connectivity index is 2.71. The van der Waals surface area contributed by atoms with Crippen LogP contribution in [0.4, 0.5) is 0 Å². The van der Waals surface area contributed by atoms with E-state index >= 15 is 0 Å². The van der Waals surface area contributed by atoms with Crippen LogP contribution < -0.4 is 5.32 Å². The minimum Gasteiger partial charge on any atom is -0.307 e. The molecule has 1 N–H and O–H groups in total. The number of likely N-dealkylation sites (N-methyl/N-ethyl adjacent to an activating group) is 1. The first kappa shape index (κ1) is 13.2. The van der Waals surface area contributed by atoms with E-state index < -0.39 is 0 Å². The van der Waals surface area contributed by atoms with Gasteiger partial charge in [-0.2, -0.15) is 0 Å². The van der Waals surface area contributed by atoms with Crippen LogP contribution in [0, 0.1) is 0 Å². The lowest BCUT2D eigenvalue weighted by Crippen LogP contribution is -2.38.